The van der Waals surface area contributed by atoms with Crippen molar-refractivity contribution < 1.29 is 14.3 Å². The Kier molecular flexibility index (Phi) is 6.92. The van der Waals surface area contributed by atoms with Crippen LogP contribution in [0.25, 0.3) is 16.6 Å². The number of methoxy groups -OCH3 is 1. The van der Waals surface area contributed by atoms with E-state index < -0.39 is 0 Å². The van der Waals surface area contributed by atoms with Crippen LogP contribution >= 0.6 is 22.7 Å². The fourth-order valence-corrected chi connectivity index (χ4v) is 4.62. The van der Waals surface area contributed by atoms with Crippen LogP contribution in [0, 0.1) is 6.92 Å². The third kappa shape index (κ3) is 5.71. The first-order chi connectivity index (χ1) is 16.0. The van der Waals surface area contributed by atoms with Gasteiger partial charge in [-0.15, -0.1) is 11.3 Å². The van der Waals surface area contributed by atoms with Crippen LogP contribution in [0.4, 0.5) is 10.3 Å². The molecule has 0 unspecified atom stereocenters. The van der Waals surface area contributed by atoms with Gasteiger partial charge >= 0.3 is 0 Å². The lowest BCUT2D eigenvalue weighted by atomic mass is 10.2. The van der Waals surface area contributed by atoms with Gasteiger partial charge in [0.15, 0.2) is 10.3 Å². The Labute approximate surface area is 198 Å². The van der Waals surface area contributed by atoms with Gasteiger partial charge < -0.3 is 4.74 Å². The average molecular weight is 477 g/mol. The summed E-state index contributed by atoms with van der Waals surface area (Å²) in [4.78, 5) is 34.5. The Morgan fingerprint density at radius 1 is 0.970 bits per heavy atom. The van der Waals surface area contributed by atoms with E-state index >= 15 is 0 Å². The van der Waals surface area contributed by atoms with E-state index in [1.165, 1.54) is 28.7 Å². The number of carbonyl (C=O) groups excluding carboxylic acids is 2. The van der Waals surface area contributed by atoms with Gasteiger partial charge in [-0.2, -0.15) is 0 Å². The molecular formula is C24H20N4O3S2. The summed E-state index contributed by atoms with van der Waals surface area (Å²) in [6.07, 6.45) is 3.22. The molecule has 4 rings (SSSR count). The molecule has 0 spiro atoms. The molecule has 0 aliphatic carbocycles. The van der Waals surface area contributed by atoms with Gasteiger partial charge in [0.05, 0.1) is 23.4 Å². The molecule has 0 saturated carbocycles. The smallest absolute Gasteiger partial charge is 0.257 e. The largest absolute Gasteiger partial charge is 0.497 e. The Hall–Kier alpha value is -3.82. The number of aryl methyl sites for hydroxylation is 1. The summed E-state index contributed by atoms with van der Waals surface area (Å²) in [5.41, 5.74) is 2.89. The summed E-state index contributed by atoms with van der Waals surface area (Å²) in [7, 11) is 1.58. The van der Waals surface area contributed by atoms with Crippen molar-refractivity contribution in [2.75, 3.05) is 17.7 Å². The number of ether oxygens (including phenoxy) is 1. The van der Waals surface area contributed by atoms with E-state index in [2.05, 4.69) is 20.6 Å². The second-order valence-corrected chi connectivity index (χ2v) is 8.74. The lowest BCUT2D eigenvalue weighted by Crippen LogP contribution is -2.11. The van der Waals surface area contributed by atoms with E-state index in [1.54, 1.807) is 37.5 Å². The predicted octanol–water partition coefficient (Wildman–Crippen LogP) is 5.49. The number of hydrogen-bond donors (Lipinski definition) is 2. The Bertz CT molecular complexity index is 1300. The van der Waals surface area contributed by atoms with Gasteiger partial charge in [0, 0.05) is 17.0 Å². The van der Waals surface area contributed by atoms with Crippen molar-refractivity contribution in [2.45, 2.75) is 6.92 Å². The number of aromatic nitrogens is 2. The monoisotopic (exact) mass is 476 g/mol. The Morgan fingerprint density at radius 2 is 1.73 bits per heavy atom. The number of benzene rings is 2. The topological polar surface area (TPSA) is 93.2 Å². The summed E-state index contributed by atoms with van der Waals surface area (Å²) >= 11 is 2.66. The highest BCUT2D eigenvalue weighted by Crippen LogP contribution is 2.34. The van der Waals surface area contributed by atoms with Gasteiger partial charge in [0.25, 0.3) is 5.91 Å². The third-order valence-electron chi connectivity index (χ3n) is 4.56. The molecular weight excluding hydrogens is 456 g/mol. The van der Waals surface area contributed by atoms with Gasteiger partial charge in [-0.25, -0.2) is 9.97 Å². The van der Waals surface area contributed by atoms with Crippen molar-refractivity contribution in [1.82, 2.24) is 9.97 Å². The number of carbonyl (C=O) groups is 2. The van der Waals surface area contributed by atoms with Gasteiger partial charge in [-0.05, 0) is 42.8 Å². The van der Waals surface area contributed by atoms with Crippen LogP contribution < -0.4 is 15.4 Å². The number of rotatable bonds is 7. The van der Waals surface area contributed by atoms with Gasteiger partial charge in [-0.3, -0.25) is 20.2 Å². The summed E-state index contributed by atoms with van der Waals surface area (Å²) in [5, 5.41) is 8.42. The SMILES string of the molecule is COc1ccc(C(=O)Nc2nc(C)c(-c3csc(NC(=O)/C=C/c4ccccc4)n3)s2)cc1. The number of anilines is 2. The van der Waals surface area contributed by atoms with Gasteiger partial charge in [-0.1, -0.05) is 41.7 Å². The third-order valence-corrected chi connectivity index (χ3v) is 6.42. The van der Waals surface area contributed by atoms with E-state index in [-0.39, 0.29) is 11.8 Å². The quantitative estimate of drug-likeness (QED) is 0.344. The number of amides is 2. The lowest BCUT2D eigenvalue weighted by molar-refractivity contribution is -0.111. The predicted molar refractivity (Wildman–Crippen MR) is 133 cm³/mol. The van der Waals surface area contributed by atoms with E-state index in [4.69, 9.17) is 4.74 Å². The Morgan fingerprint density at radius 3 is 2.45 bits per heavy atom. The van der Waals surface area contributed by atoms with Crippen LogP contribution in [0.5, 0.6) is 5.75 Å². The van der Waals surface area contributed by atoms with Crippen LogP contribution in [0.2, 0.25) is 0 Å². The minimum atomic E-state index is -0.256. The molecule has 0 aliphatic rings. The summed E-state index contributed by atoms with van der Waals surface area (Å²) in [6.45, 7) is 1.86. The van der Waals surface area contributed by atoms with Crippen molar-refractivity contribution in [3.05, 3.63) is 82.9 Å². The highest BCUT2D eigenvalue weighted by Gasteiger charge is 2.16. The summed E-state index contributed by atoms with van der Waals surface area (Å²) < 4.78 is 5.12. The van der Waals surface area contributed by atoms with Crippen LogP contribution in [0.15, 0.2) is 66.1 Å². The molecule has 0 aliphatic heterocycles. The maximum atomic E-state index is 12.5. The molecule has 2 amide bonds. The first-order valence-corrected chi connectivity index (χ1v) is 11.6. The standard InChI is InChI=1S/C24H20N4O3S2/c1-15-21(33-24(25-15)28-22(30)17-9-11-18(31-2)12-10-17)19-14-32-23(26-19)27-20(29)13-8-16-6-4-3-5-7-16/h3-14H,1-2H3,(H,25,28,30)(H,26,27,29)/b13-8+. The van der Waals surface area contributed by atoms with Crippen LogP contribution in [-0.4, -0.2) is 28.9 Å². The molecule has 2 N–H and O–H groups in total. The zero-order valence-electron chi connectivity index (χ0n) is 17.9. The number of thiazole rings is 2. The number of hydrogen-bond acceptors (Lipinski definition) is 7. The molecule has 7 nitrogen and oxygen atoms in total. The van der Waals surface area contributed by atoms with E-state index in [0.29, 0.717) is 27.3 Å². The maximum absolute atomic E-state index is 12.5. The summed E-state index contributed by atoms with van der Waals surface area (Å²) in [5.74, 6) is 0.170. The van der Waals surface area contributed by atoms with Crippen molar-refractivity contribution in [1.29, 1.82) is 0 Å². The van der Waals surface area contributed by atoms with Crippen LogP contribution in [0.3, 0.4) is 0 Å². The fraction of sp³-hybridized carbons (Fsp3) is 0.0833. The second-order valence-electron chi connectivity index (χ2n) is 6.89. The summed E-state index contributed by atoms with van der Waals surface area (Å²) in [6, 6.07) is 16.4. The molecule has 0 bridgehead atoms. The molecule has 9 heteroatoms. The van der Waals surface area contributed by atoms with Crippen molar-refractivity contribution in [3.8, 4) is 16.3 Å². The zero-order valence-corrected chi connectivity index (χ0v) is 19.5. The highest BCUT2D eigenvalue weighted by molar-refractivity contribution is 7.20. The molecule has 0 saturated heterocycles. The van der Waals surface area contributed by atoms with Crippen LogP contribution in [-0.2, 0) is 4.79 Å². The van der Waals surface area contributed by atoms with E-state index in [9.17, 15) is 9.59 Å². The maximum Gasteiger partial charge on any atom is 0.257 e. The van der Waals surface area contributed by atoms with Crippen molar-refractivity contribution in [3.63, 3.8) is 0 Å². The normalized spacial score (nSPS) is 10.8. The molecule has 4 aromatic rings. The molecule has 33 heavy (non-hydrogen) atoms. The first kappa shape index (κ1) is 22.4. The fourth-order valence-electron chi connectivity index (χ4n) is 2.92. The number of nitrogens with one attached hydrogen (secondary N) is 2. The van der Waals surface area contributed by atoms with Crippen molar-refractivity contribution >= 4 is 50.8 Å². The highest BCUT2D eigenvalue weighted by atomic mass is 32.1. The molecule has 2 aromatic carbocycles. The molecule has 2 aromatic heterocycles. The minimum Gasteiger partial charge on any atom is -0.497 e. The molecule has 0 radical (unpaired) electrons. The average Bonchev–Trinajstić information content (AvgIpc) is 3.44. The van der Waals surface area contributed by atoms with Gasteiger partial charge in [0.1, 0.15) is 5.75 Å². The Balaban J connectivity index is 1.41. The second kappa shape index (κ2) is 10.2. The van der Waals surface area contributed by atoms with E-state index in [1.807, 2.05) is 42.6 Å². The van der Waals surface area contributed by atoms with Crippen molar-refractivity contribution in [2.24, 2.45) is 0 Å². The zero-order chi connectivity index (χ0) is 23.2. The van der Waals surface area contributed by atoms with Gasteiger partial charge in [0.2, 0.25) is 5.91 Å². The molecule has 166 valence electrons. The number of nitrogens with zero attached hydrogens (tertiary/aromatic N) is 2. The molecule has 0 fully saturated rings. The lowest BCUT2D eigenvalue weighted by Gasteiger charge is -2.03. The minimum absolute atomic E-state index is 0.255. The first-order valence-electron chi connectivity index (χ1n) is 9.94. The molecule has 2 heterocycles. The van der Waals surface area contributed by atoms with E-state index in [0.717, 1.165) is 16.1 Å². The van der Waals surface area contributed by atoms with Crippen LogP contribution in [0.1, 0.15) is 21.6 Å². The molecule has 0 atom stereocenters.